The maximum atomic E-state index is 13.0. The number of hydrogen-bond donors (Lipinski definition) is 0. The molecule has 0 saturated carbocycles. The number of halogens is 1. The van der Waals surface area contributed by atoms with Crippen LogP contribution in [0.15, 0.2) is 24.3 Å². The first-order valence-corrected chi connectivity index (χ1v) is 8.48. The Kier molecular flexibility index (Phi) is 5.08. The summed E-state index contributed by atoms with van der Waals surface area (Å²) < 4.78 is 13.0. The van der Waals surface area contributed by atoms with Crippen molar-refractivity contribution >= 4 is 5.91 Å². The molecule has 0 aliphatic carbocycles. The molecule has 3 rings (SSSR count). The topological polar surface area (TPSA) is 23.6 Å². The van der Waals surface area contributed by atoms with Gasteiger partial charge in [-0.2, -0.15) is 0 Å². The van der Waals surface area contributed by atoms with Crippen LogP contribution in [-0.2, 0) is 4.79 Å². The molecule has 0 radical (unpaired) electrons. The van der Waals surface area contributed by atoms with Crippen LogP contribution < -0.4 is 0 Å². The van der Waals surface area contributed by atoms with Crippen molar-refractivity contribution in [1.29, 1.82) is 0 Å². The molecule has 4 heteroatoms. The number of carbonyl (C=O) groups excluding carboxylic acids is 1. The van der Waals surface area contributed by atoms with Gasteiger partial charge in [-0.1, -0.05) is 12.1 Å². The maximum absolute atomic E-state index is 13.0. The molecule has 0 aromatic heterocycles. The Morgan fingerprint density at radius 1 is 1.00 bits per heavy atom. The summed E-state index contributed by atoms with van der Waals surface area (Å²) in [5.41, 5.74) is 1.23. The lowest BCUT2D eigenvalue weighted by Crippen LogP contribution is -2.44. The van der Waals surface area contributed by atoms with Crippen molar-refractivity contribution in [3.63, 3.8) is 0 Å². The SMILES string of the molecule is O=C(CN1CCC(c2ccc(F)cc2)CC1)N1CCCCC1. The molecule has 0 bridgehead atoms. The fraction of sp³-hybridized carbons (Fsp3) is 0.611. The number of hydrogen-bond acceptors (Lipinski definition) is 2. The number of nitrogens with zero attached hydrogens (tertiary/aromatic N) is 2. The fourth-order valence-electron chi connectivity index (χ4n) is 3.59. The lowest BCUT2D eigenvalue weighted by Gasteiger charge is -2.34. The molecule has 0 atom stereocenters. The third-order valence-electron chi connectivity index (χ3n) is 5.00. The number of likely N-dealkylation sites (tertiary alicyclic amines) is 2. The summed E-state index contributed by atoms with van der Waals surface area (Å²) in [4.78, 5) is 16.6. The van der Waals surface area contributed by atoms with Crippen LogP contribution in [0, 0.1) is 5.82 Å². The van der Waals surface area contributed by atoms with E-state index in [1.54, 1.807) is 12.1 Å². The molecule has 0 unspecified atom stereocenters. The summed E-state index contributed by atoms with van der Waals surface area (Å²) in [6.07, 6.45) is 5.67. The molecule has 3 nitrogen and oxygen atoms in total. The van der Waals surface area contributed by atoms with Crippen molar-refractivity contribution < 1.29 is 9.18 Å². The fourth-order valence-corrected chi connectivity index (χ4v) is 3.59. The van der Waals surface area contributed by atoms with Gasteiger partial charge >= 0.3 is 0 Å². The van der Waals surface area contributed by atoms with Crippen LogP contribution in [0.1, 0.15) is 43.6 Å². The monoisotopic (exact) mass is 304 g/mol. The highest BCUT2D eigenvalue weighted by atomic mass is 19.1. The third-order valence-corrected chi connectivity index (χ3v) is 5.00. The van der Waals surface area contributed by atoms with Crippen molar-refractivity contribution in [2.75, 3.05) is 32.7 Å². The standard InChI is InChI=1S/C18H25FN2O/c19-17-6-4-15(5-7-17)16-8-12-20(13-9-16)14-18(22)21-10-2-1-3-11-21/h4-7,16H,1-3,8-14H2. The number of carbonyl (C=O) groups is 1. The van der Waals surface area contributed by atoms with Crippen LogP contribution in [0.2, 0.25) is 0 Å². The predicted octanol–water partition coefficient (Wildman–Crippen LogP) is 3.02. The second-order valence-electron chi connectivity index (χ2n) is 6.54. The summed E-state index contributed by atoms with van der Waals surface area (Å²) in [5, 5.41) is 0. The number of amides is 1. The highest BCUT2D eigenvalue weighted by molar-refractivity contribution is 5.78. The first-order chi connectivity index (χ1) is 10.7. The zero-order valence-electron chi connectivity index (χ0n) is 13.1. The molecule has 120 valence electrons. The molecule has 22 heavy (non-hydrogen) atoms. The third kappa shape index (κ3) is 3.86. The van der Waals surface area contributed by atoms with E-state index in [1.165, 1.54) is 12.0 Å². The van der Waals surface area contributed by atoms with Crippen LogP contribution in [0.3, 0.4) is 0 Å². The Bertz CT molecular complexity index is 488. The van der Waals surface area contributed by atoms with E-state index in [4.69, 9.17) is 0 Å². The zero-order valence-corrected chi connectivity index (χ0v) is 13.1. The Labute approximate surface area is 132 Å². The molecular formula is C18H25FN2O. The maximum Gasteiger partial charge on any atom is 0.236 e. The van der Waals surface area contributed by atoms with Gasteiger partial charge in [0.15, 0.2) is 0 Å². The van der Waals surface area contributed by atoms with Gasteiger partial charge in [-0.15, -0.1) is 0 Å². The average Bonchev–Trinajstić information content (AvgIpc) is 2.57. The van der Waals surface area contributed by atoms with Crippen molar-refractivity contribution in [2.45, 2.75) is 38.0 Å². The minimum atomic E-state index is -0.173. The molecule has 2 fully saturated rings. The van der Waals surface area contributed by atoms with Crippen LogP contribution in [0.25, 0.3) is 0 Å². The molecule has 1 amide bonds. The lowest BCUT2D eigenvalue weighted by atomic mass is 9.89. The van der Waals surface area contributed by atoms with Crippen LogP contribution in [0.5, 0.6) is 0 Å². The minimum Gasteiger partial charge on any atom is -0.342 e. The molecule has 2 heterocycles. The van der Waals surface area contributed by atoms with E-state index < -0.39 is 0 Å². The second-order valence-corrected chi connectivity index (χ2v) is 6.54. The van der Waals surface area contributed by atoms with E-state index in [2.05, 4.69) is 4.90 Å². The summed E-state index contributed by atoms with van der Waals surface area (Å²) >= 11 is 0. The molecule has 1 aromatic carbocycles. The lowest BCUT2D eigenvalue weighted by molar-refractivity contribution is -0.133. The Morgan fingerprint density at radius 3 is 2.27 bits per heavy atom. The number of benzene rings is 1. The van der Waals surface area contributed by atoms with E-state index >= 15 is 0 Å². The van der Waals surface area contributed by atoms with E-state index in [-0.39, 0.29) is 5.82 Å². The Morgan fingerprint density at radius 2 is 1.64 bits per heavy atom. The van der Waals surface area contributed by atoms with Crippen molar-refractivity contribution in [1.82, 2.24) is 9.80 Å². The number of piperidine rings is 2. The zero-order chi connectivity index (χ0) is 15.4. The van der Waals surface area contributed by atoms with Gasteiger partial charge in [0.2, 0.25) is 5.91 Å². The Hall–Kier alpha value is -1.42. The summed E-state index contributed by atoms with van der Waals surface area (Å²) in [6, 6.07) is 6.88. The largest absolute Gasteiger partial charge is 0.342 e. The molecule has 1 aromatic rings. The molecule has 2 aliphatic rings. The molecule has 2 aliphatic heterocycles. The smallest absolute Gasteiger partial charge is 0.236 e. The van der Waals surface area contributed by atoms with Gasteiger partial charge < -0.3 is 4.90 Å². The summed E-state index contributed by atoms with van der Waals surface area (Å²) in [6.45, 7) is 4.36. The minimum absolute atomic E-state index is 0.173. The molecule has 0 N–H and O–H groups in total. The number of rotatable bonds is 3. The van der Waals surface area contributed by atoms with Gasteiger partial charge in [0.05, 0.1) is 6.54 Å². The molecule has 2 saturated heterocycles. The van der Waals surface area contributed by atoms with E-state index in [0.717, 1.165) is 51.9 Å². The van der Waals surface area contributed by atoms with Gasteiger partial charge in [-0.3, -0.25) is 9.69 Å². The van der Waals surface area contributed by atoms with Gasteiger partial charge in [0.1, 0.15) is 5.82 Å². The highest BCUT2D eigenvalue weighted by Gasteiger charge is 2.24. The van der Waals surface area contributed by atoms with Crippen molar-refractivity contribution in [3.8, 4) is 0 Å². The van der Waals surface area contributed by atoms with Gasteiger partial charge in [0.25, 0.3) is 0 Å². The second kappa shape index (κ2) is 7.23. The molecule has 0 spiro atoms. The van der Waals surface area contributed by atoms with E-state index in [1.807, 2.05) is 17.0 Å². The normalized spacial score (nSPS) is 21.0. The first kappa shape index (κ1) is 15.5. The first-order valence-electron chi connectivity index (χ1n) is 8.48. The average molecular weight is 304 g/mol. The van der Waals surface area contributed by atoms with Gasteiger partial charge in [0, 0.05) is 13.1 Å². The van der Waals surface area contributed by atoms with Crippen LogP contribution >= 0.6 is 0 Å². The quantitative estimate of drug-likeness (QED) is 0.857. The van der Waals surface area contributed by atoms with Crippen LogP contribution in [-0.4, -0.2) is 48.4 Å². The van der Waals surface area contributed by atoms with Crippen molar-refractivity contribution in [3.05, 3.63) is 35.6 Å². The van der Waals surface area contributed by atoms with Crippen LogP contribution in [0.4, 0.5) is 4.39 Å². The van der Waals surface area contributed by atoms with Gasteiger partial charge in [-0.25, -0.2) is 4.39 Å². The van der Waals surface area contributed by atoms with E-state index in [9.17, 15) is 9.18 Å². The predicted molar refractivity (Wildman–Crippen MR) is 85.2 cm³/mol. The highest BCUT2D eigenvalue weighted by Crippen LogP contribution is 2.28. The van der Waals surface area contributed by atoms with Crippen molar-refractivity contribution in [2.24, 2.45) is 0 Å². The Balaban J connectivity index is 1.47. The van der Waals surface area contributed by atoms with E-state index in [0.29, 0.717) is 18.4 Å². The molecular weight excluding hydrogens is 279 g/mol. The summed E-state index contributed by atoms with van der Waals surface area (Å²) in [7, 11) is 0. The summed E-state index contributed by atoms with van der Waals surface area (Å²) in [5.74, 6) is 0.621. The van der Waals surface area contributed by atoms with Gasteiger partial charge in [-0.05, 0) is 68.8 Å².